The van der Waals surface area contributed by atoms with Crippen LogP contribution < -0.4 is 9.47 Å². The summed E-state index contributed by atoms with van der Waals surface area (Å²) in [4.78, 5) is 10.9. The van der Waals surface area contributed by atoms with Gasteiger partial charge in [0, 0.05) is 17.5 Å². The van der Waals surface area contributed by atoms with E-state index in [1.807, 2.05) is 30.3 Å². The number of carbonyl (C=O) groups is 1. The summed E-state index contributed by atoms with van der Waals surface area (Å²) in [5.41, 5.74) is 2.96. The van der Waals surface area contributed by atoms with Gasteiger partial charge in [0.05, 0.1) is 6.42 Å². The Kier molecular flexibility index (Phi) is 2.36. The van der Waals surface area contributed by atoms with Crippen LogP contribution in [0.5, 0.6) is 11.5 Å². The van der Waals surface area contributed by atoms with Gasteiger partial charge < -0.3 is 9.47 Å². The summed E-state index contributed by atoms with van der Waals surface area (Å²) in [6, 6.07) is 13.6. The lowest BCUT2D eigenvalue weighted by atomic mass is 9.96. The van der Waals surface area contributed by atoms with E-state index in [9.17, 15) is 4.79 Å². The van der Waals surface area contributed by atoms with Crippen LogP contribution in [0.2, 0.25) is 0 Å². The first-order valence-electron chi connectivity index (χ1n) is 6.82. The molecule has 3 heteroatoms. The van der Waals surface area contributed by atoms with Crippen molar-refractivity contribution in [3.05, 3.63) is 59.2 Å². The molecule has 0 bridgehead atoms. The Labute approximate surface area is 117 Å². The van der Waals surface area contributed by atoms with Gasteiger partial charge in [-0.05, 0) is 36.2 Å². The highest BCUT2D eigenvalue weighted by molar-refractivity contribution is 5.75. The van der Waals surface area contributed by atoms with Crippen LogP contribution in [0.4, 0.5) is 0 Å². The predicted molar refractivity (Wildman–Crippen MR) is 74.3 cm³/mol. The highest BCUT2D eigenvalue weighted by Gasteiger charge is 2.44. The number of fused-ring (bicyclic) bond motifs is 2. The third-order valence-corrected chi connectivity index (χ3v) is 4.02. The third kappa shape index (κ3) is 1.70. The molecule has 0 aromatic heterocycles. The van der Waals surface area contributed by atoms with Crippen LogP contribution in [0.15, 0.2) is 42.5 Å². The van der Waals surface area contributed by atoms with Crippen molar-refractivity contribution in [3.63, 3.8) is 0 Å². The summed E-state index contributed by atoms with van der Waals surface area (Å²) in [7, 11) is 0. The molecule has 0 amide bonds. The van der Waals surface area contributed by atoms with Crippen LogP contribution in [0.3, 0.4) is 0 Å². The van der Waals surface area contributed by atoms with Crippen molar-refractivity contribution in [3.8, 4) is 11.5 Å². The normalized spacial score (nSPS) is 22.6. The Morgan fingerprint density at radius 2 is 1.80 bits per heavy atom. The first-order valence-corrected chi connectivity index (χ1v) is 6.82. The molecule has 1 spiro atoms. The second-order valence-electron chi connectivity index (χ2n) is 5.38. The number of ether oxygens (including phenoxy) is 2. The molecule has 2 aliphatic heterocycles. The Morgan fingerprint density at radius 3 is 2.65 bits per heavy atom. The fourth-order valence-corrected chi connectivity index (χ4v) is 3.02. The Hall–Kier alpha value is -2.29. The second kappa shape index (κ2) is 4.10. The van der Waals surface area contributed by atoms with E-state index in [-0.39, 0.29) is 0 Å². The van der Waals surface area contributed by atoms with E-state index in [0.29, 0.717) is 12.0 Å². The van der Waals surface area contributed by atoms with Gasteiger partial charge in [-0.3, -0.25) is 4.79 Å². The molecule has 0 radical (unpaired) electrons. The minimum absolute atomic E-state index is 0.599. The van der Waals surface area contributed by atoms with Crippen molar-refractivity contribution >= 4 is 6.29 Å². The number of carbonyl (C=O) groups excluding carboxylic acids is 1. The zero-order valence-corrected chi connectivity index (χ0v) is 11.0. The molecule has 0 aliphatic carbocycles. The highest BCUT2D eigenvalue weighted by Crippen LogP contribution is 2.43. The maximum Gasteiger partial charge on any atom is 0.255 e. The van der Waals surface area contributed by atoms with Crippen molar-refractivity contribution in [2.45, 2.75) is 25.0 Å². The molecular formula is C17H14O3. The van der Waals surface area contributed by atoms with Gasteiger partial charge in [0.1, 0.15) is 17.8 Å². The Morgan fingerprint density at radius 1 is 1.00 bits per heavy atom. The number of aldehydes is 1. The number of aryl methyl sites for hydroxylation is 1. The number of hydrogen-bond donors (Lipinski definition) is 0. The molecule has 2 heterocycles. The monoisotopic (exact) mass is 266 g/mol. The Balaban J connectivity index is 1.68. The van der Waals surface area contributed by atoms with Gasteiger partial charge in [0.25, 0.3) is 5.79 Å². The topological polar surface area (TPSA) is 35.5 Å². The fourth-order valence-electron chi connectivity index (χ4n) is 3.02. The average Bonchev–Trinajstić information content (AvgIpc) is 2.83. The molecule has 0 saturated carbocycles. The summed E-state index contributed by atoms with van der Waals surface area (Å²) < 4.78 is 12.2. The summed E-state index contributed by atoms with van der Waals surface area (Å²) >= 11 is 0. The van der Waals surface area contributed by atoms with Crippen LogP contribution in [0.1, 0.15) is 27.9 Å². The standard InChI is InChI=1S/C17H14O3/c18-11-12-5-6-16-14(9-12)10-17(20-16)8-7-13-3-1-2-4-15(13)19-17/h1-6,9,11H,7-8,10H2. The van der Waals surface area contributed by atoms with Gasteiger partial charge in [0.15, 0.2) is 0 Å². The zero-order valence-electron chi connectivity index (χ0n) is 11.0. The molecule has 100 valence electrons. The lowest BCUT2D eigenvalue weighted by Crippen LogP contribution is -2.43. The van der Waals surface area contributed by atoms with Crippen molar-refractivity contribution < 1.29 is 14.3 Å². The molecule has 2 aromatic rings. The molecule has 0 saturated heterocycles. The number of rotatable bonds is 1. The van der Waals surface area contributed by atoms with E-state index in [1.54, 1.807) is 6.07 Å². The van der Waals surface area contributed by atoms with Crippen molar-refractivity contribution in [2.75, 3.05) is 0 Å². The smallest absolute Gasteiger partial charge is 0.255 e. The van der Waals surface area contributed by atoms with Crippen LogP contribution >= 0.6 is 0 Å². The van der Waals surface area contributed by atoms with Crippen molar-refractivity contribution in [1.82, 2.24) is 0 Å². The van der Waals surface area contributed by atoms with E-state index < -0.39 is 5.79 Å². The molecule has 3 nitrogen and oxygen atoms in total. The van der Waals surface area contributed by atoms with Gasteiger partial charge in [-0.1, -0.05) is 18.2 Å². The predicted octanol–water partition coefficient (Wildman–Crippen LogP) is 3.16. The third-order valence-electron chi connectivity index (χ3n) is 4.02. The number of hydrogen-bond acceptors (Lipinski definition) is 3. The Bertz CT molecular complexity index is 692. The second-order valence-corrected chi connectivity index (χ2v) is 5.38. The molecular weight excluding hydrogens is 252 g/mol. The van der Waals surface area contributed by atoms with Gasteiger partial charge in [0.2, 0.25) is 0 Å². The van der Waals surface area contributed by atoms with E-state index >= 15 is 0 Å². The number of para-hydroxylation sites is 1. The molecule has 2 aliphatic rings. The van der Waals surface area contributed by atoms with E-state index in [0.717, 1.165) is 36.2 Å². The minimum atomic E-state index is -0.599. The highest BCUT2D eigenvalue weighted by atomic mass is 16.7. The molecule has 0 fully saturated rings. The summed E-state index contributed by atoms with van der Waals surface area (Å²) in [5, 5.41) is 0. The fraction of sp³-hybridized carbons (Fsp3) is 0.235. The van der Waals surface area contributed by atoms with Crippen LogP contribution in [0, 0.1) is 0 Å². The van der Waals surface area contributed by atoms with E-state index in [1.165, 1.54) is 5.56 Å². The first kappa shape index (κ1) is 11.5. The molecule has 2 aromatic carbocycles. The summed E-state index contributed by atoms with van der Waals surface area (Å²) in [6.45, 7) is 0. The SMILES string of the molecule is O=Cc1ccc2c(c1)CC1(CCc3ccccc3O1)O2. The quantitative estimate of drug-likeness (QED) is 0.744. The minimum Gasteiger partial charge on any atom is -0.452 e. The van der Waals surface area contributed by atoms with Crippen LogP contribution in [-0.2, 0) is 12.8 Å². The summed E-state index contributed by atoms with van der Waals surface area (Å²) in [6.07, 6.45) is 3.33. The van der Waals surface area contributed by atoms with Crippen LogP contribution in [0.25, 0.3) is 0 Å². The lowest BCUT2D eigenvalue weighted by Gasteiger charge is -2.34. The molecule has 4 rings (SSSR count). The molecule has 0 N–H and O–H groups in total. The van der Waals surface area contributed by atoms with Gasteiger partial charge in [-0.25, -0.2) is 0 Å². The van der Waals surface area contributed by atoms with Crippen LogP contribution in [-0.4, -0.2) is 12.1 Å². The largest absolute Gasteiger partial charge is 0.452 e. The molecule has 1 unspecified atom stereocenters. The van der Waals surface area contributed by atoms with Gasteiger partial charge in [-0.2, -0.15) is 0 Å². The molecule has 20 heavy (non-hydrogen) atoms. The summed E-state index contributed by atoms with van der Waals surface area (Å²) in [5.74, 6) is 1.13. The maximum absolute atomic E-state index is 10.9. The van der Waals surface area contributed by atoms with Gasteiger partial charge >= 0.3 is 0 Å². The van der Waals surface area contributed by atoms with E-state index in [4.69, 9.17) is 9.47 Å². The number of benzene rings is 2. The lowest BCUT2D eigenvalue weighted by molar-refractivity contribution is -0.111. The van der Waals surface area contributed by atoms with Crippen molar-refractivity contribution in [2.24, 2.45) is 0 Å². The van der Waals surface area contributed by atoms with Gasteiger partial charge in [-0.15, -0.1) is 0 Å². The van der Waals surface area contributed by atoms with E-state index in [2.05, 4.69) is 6.07 Å². The first-order chi connectivity index (χ1) is 9.78. The van der Waals surface area contributed by atoms with Crippen molar-refractivity contribution in [1.29, 1.82) is 0 Å². The molecule has 1 atom stereocenters. The maximum atomic E-state index is 10.9. The average molecular weight is 266 g/mol. The zero-order chi connectivity index (χ0) is 13.6.